The molecule has 4 aliphatic rings. The summed E-state index contributed by atoms with van der Waals surface area (Å²) in [6.07, 6.45) is 2.06. The molecule has 5 rings (SSSR count). The number of rotatable bonds is 14. The predicted molar refractivity (Wildman–Crippen MR) is 167 cm³/mol. The lowest BCUT2D eigenvalue weighted by atomic mass is 9.52. The first-order valence-electron chi connectivity index (χ1n) is 16.1. The molecule has 1 spiro atoms. The maximum Gasteiger partial charge on any atom is 0.415 e. The summed E-state index contributed by atoms with van der Waals surface area (Å²) in [5, 5.41) is 11.4. The summed E-state index contributed by atoms with van der Waals surface area (Å²) < 4.78 is 12.3. The molecule has 2 aliphatic heterocycles. The van der Waals surface area contributed by atoms with Crippen molar-refractivity contribution in [3.63, 3.8) is 0 Å². The number of nitrogens with one attached hydrogen (secondary N) is 1. The lowest BCUT2D eigenvalue weighted by Gasteiger charge is -2.57. The highest BCUT2D eigenvalue weighted by molar-refractivity contribution is 5.96. The summed E-state index contributed by atoms with van der Waals surface area (Å²) in [6, 6.07) is 3.19. The number of hydrogen-bond acceptors (Lipinski definition) is 9. The number of amides is 2. The van der Waals surface area contributed by atoms with Crippen molar-refractivity contribution in [1.82, 2.24) is 15.1 Å². The Labute approximate surface area is 267 Å². The van der Waals surface area contributed by atoms with Gasteiger partial charge in [0.05, 0.1) is 6.04 Å². The lowest BCUT2D eigenvalue weighted by molar-refractivity contribution is -0.142. The summed E-state index contributed by atoms with van der Waals surface area (Å²) in [7, 11) is 2.15. The van der Waals surface area contributed by atoms with Gasteiger partial charge in [-0.05, 0) is 76.6 Å². The minimum atomic E-state index is -1.30. The molecule has 6 N–H and O–H groups in total. The van der Waals surface area contributed by atoms with Gasteiger partial charge in [0, 0.05) is 49.5 Å². The molecule has 1 unspecified atom stereocenters. The molecule has 5 atom stereocenters. The fourth-order valence-corrected chi connectivity index (χ4v) is 7.95. The van der Waals surface area contributed by atoms with Crippen LogP contribution in [-0.2, 0) is 31.0 Å². The zero-order valence-corrected chi connectivity index (χ0v) is 26.5. The van der Waals surface area contributed by atoms with Crippen LogP contribution in [0.5, 0.6) is 11.5 Å². The van der Waals surface area contributed by atoms with E-state index in [0.29, 0.717) is 49.3 Å². The number of ketones is 2. The number of carbonyl (C=O) groups excluding carboxylic acids is 4. The third-order valence-corrected chi connectivity index (χ3v) is 10.0. The van der Waals surface area contributed by atoms with E-state index in [4.69, 9.17) is 26.0 Å². The first-order valence-corrected chi connectivity index (χ1v) is 16.1. The molecule has 2 aliphatic carbocycles. The van der Waals surface area contributed by atoms with Gasteiger partial charge in [0.1, 0.15) is 6.42 Å². The number of Topliss-reactive ketones (excluding diaryl/α,β-unsaturated/α-hetero) is 2. The van der Waals surface area contributed by atoms with Crippen LogP contribution < -0.4 is 26.3 Å². The zero-order valence-electron chi connectivity index (χ0n) is 26.5. The third kappa shape index (κ3) is 6.39. The standard InChI is InChI=1S/C32H44N6O8/c1-3-38(14-5-7-22(39)20(6-4-13-35-30(33)34)36-25(41)17-26(42)43)31(44)45-24-11-8-18-16-21-19-9-10-23(40)29-32(19,12-15-37(21)2)27(18)28(24)46-29/h8,11,19-21,29H,3-7,9-10,12-17H2,1-2H3,(H,36,41)(H,42,43)(H4,33,34,35)/t19?,20-,21+,29-,32-/m0/s1. The zero-order chi connectivity index (χ0) is 33.2. The van der Waals surface area contributed by atoms with Crippen LogP contribution in [0, 0.1) is 5.92 Å². The maximum atomic E-state index is 13.4. The minimum absolute atomic E-state index is 0.0423. The highest BCUT2D eigenvalue weighted by Gasteiger charge is 2.65. The van der Waals surface area contributed by atoms with Crippen LogP contribution >= 0.6 is 0 Å². The number of benzene rings is 1. The second-order valence-corrected chi connectivity index (χ2v) is 12.7. The quantitative estimate of drug-likeness (QED) is 0.0980. The molecule has 0 aromatic heterocycles. The Morgan fingerprint density at radius 2 is 2.04 bits per heavy atom. The fraction of sp³-hybridized carbons (Fsp3) is 0.625. The molecule has 2 fully saturated rings. The van der Waals surface area contributed by atoms with Crippen LogP contribution in [0.4, 0.5) is 4.79 Å². The molecule has 2 heterocycles. The van der Waals surface area contributed by atoms with Crippen molar-refractivity contribution < 1.29 is 38.6 Å². The van der Waals surface area contributed by atoms with Crippen LogP contribution in [0.3, 0.4) is 0 Å². The number of carboxylic acid groups (broad SMARTS) is 1. The van der Waals surface area contributed by atoms with Gasteiger partial charge in [-0.3, -0.25) is 24.2 Å². The van der Waals surface area contributed by atoms with Crippen LogP contribution in [0.1, 0.15) is 69.4 Å². The average molecular weight is 641 g/mol. The third-order valence-electron chi connectivity index (χ3n) is 10.0. The number of guanidine groups is 1. The van der Waals surface area contributed by atoms with Crippen LogP contribution in [-0.4, -0.2) is 102 Å². The SMILES string of the molecule is CCN(CCCC(=O)[C@H](CCCN=C(N)N)NC(=O)CC(=O)O)C(=O)Oc1ccc2c3c1O[C@H]1C(=O)CCC4[C@@H](C2)N(C)CC[C@@]341. The Kier molecular flexibility index (Phi) is 9.85. The lowest BCUT2D eigenvalue weighted by Crippen LogP contribution is -2.65. The molecule has 1 aromatic carbocycles. The van der Waals surface area contributed by atoms with E-state index in [1.165, 1.54) is 4.90 Å². The second-order valence-electron chi connectivity index (χ2n) is 12.7. The molecule has 46 heavy (non-hydrogen) atoms. The summed E-state index contributed by atoms with van der Waals surface area (Å²) in [5.41, 5.74) is 12.5. The second kappa shape index (κ2) is 13.7. The van der Waals surface area contributed by atoms with E-state index in [9.17, 15) is 24.0 Å². The summed E-state index contributed by atoms with van der Waals surface area (Å²) in [5.74, 6) is -1.23. The molecule has 1 saturated carbocycles. The van der Waals surface area contributed by atoms with Gasteiger partial charge in [0.25, 0.3) is 0 Å². The first-order chi connectivity index (χ1) is 22.0. The number of carboxylic acids is 1. The number of aliphatic imine (C=N–C) groups is 1. The Morgan fingerprint density at radius 1 is 1.26 bits per heavy atom. The van der Waals surface area contributed by atoms with Crippen LogP contribution in [0.25, 0.3) is 0 Å². The van der Waals surface area contributed by atoms with Gasteiger partial charge >= 0.3 is 12.1 Å². The summed E-state index contributed by atoms with van der Waals surface area (Å²) in [6.45, 7) is 3.47. The van der Waals surface area contributed by atoms with Crippen molar-refractivity contribution in [3.8, 4) is 11.5 Å². The molecule has 2 amide bonds. The van der Waals surface area contributed by atoms with Gasteiger partial charge in [-0.2, -0.15) is 0 Å². The van der Waals surface area contributed by atoms with Gasteiger partial charge < -0.3 is 41.2 Å². The normalized spacial score (nSPS) is 24.7. The summed E-state index contributed by atoms with van der Waals surface area (Å²) in [4.78, 5) is 70.4. The topological polar surface area (TPSA) is 207 Å². The molecule has 14 nitrogen and oxygen atoms in total. The van der Waals surface area contributed by atoms with E-state index < -0.39 is 36.5 Å². The molecular formula is C32H44N6O8. The van der Waals surface area contributed by atoms with E-state index >= 15 is 0 Å². The number of carbonyl (C=O) groups is 5. The Morgan fingerprint density at radius 3 is 2.76 bits per heavy atom. The highest BCUT2D eigenvalue weighted by atomic mass is 16.6. The van der Waals surface area contributed by atoms with E-state index in [2.05, 4.69) is 22.3 Å². The van der Waals surface area contributed by atoms with Crippen LogP contribution in [0.15, 0.2) is 17.1 Å². The molecule has 1 saturated heterocycles. The van der Waals surface area contributed by atoms with Gasteiger partial charge in [-0.25, -0.2) is 4.79 Å². The number of aliphatic carboxylic acids is 1. The van der Waals surface area contributed by atoms with E-state index in [1.807, 2.05) is 6.07 Å². The van der Waals surface area contributed by atoms with Crippen molar-refractivity contribution >= 4 is 35.5 Å². The van der Waals surface area contributed by atoms with Crippen molar-refractivity contribution in [2.24, 2.45) is 22.4 Å². The number of hydrogen-bond donors (Lipinski definition) is 4. The number of ether oxygens (including phenoxy) is 2. The predicted octanol–water partition coefficient (Wildman–Crippen LogP) is 1.11. The van der Waals surface area contributed by atoms with Crippen molar-refractivity contribution in [1.29, 1.82) is 0 Å². The smallest absolute Gasteiger partial charge is 0.415 e. The van der Waals surface area contributed by atoms with Crippen LogP contribution in [0.2, 0.25) is 0 Å². The highest BCUT2D eigenvalue weighted by Crippen LogP contribution is 2.63. The van der Waals surface area contributed by atoms with E-state index in [1.54, 1.807) is 13.0 Å². The van der Waals surface area contributed by atoms with Crippen molar-refractivity contribution in [2.75, 3.05) is 33.2 Å². The molecular weight excluding hydrogens is 596 g/mol. The molecule has 250 valence electrons. The number of likely N-dealkylation sites (N-methyl/N-ethyl adjacent to an activating group) is 1. The van der Waals surface area contributed by atoms with Gasteiger partial charge in [-0.15, -0.1) is 0 Å². The molecule has 1 aromatic rings. The van der Waals surface area contributed by atoms with Crippen molar-refractivity contribution in [2.45, 2.75) is 88.3 Å². The monoisotopic (exact) mass is 640 g/mol. The number of nitrogens with two attached hydrogens (primary N) is 2. The Hall–Kier alpha value is -4.20. The fourth-order valence-electron chi connectivity index (χ4n) is 7.95. The summed E-state index contributed by atoms with van der Waals surface area (Å²) >= 11 is 0. The van der Waals surface area contributed by atoms with Gasteiger partial charge in [0.2, 0.25) is 5.91 Å². The van der Waals surface area contributed by atoms with E-state index in [0.717, 1.165) is 36.9 Å². The molecule has 0 radical (unpaired) electrons. The number of nitrogens with zero attached hydrogens (tertiary/aromatic N) is 3. The van der Waals surface area contributed by atoms with Crippen molar-refractivity contribution in [3.05, 3.63) is 23.3 Å². The average Bonchev–Trinajstić information content (AvgIpc) is 3.36. The number of likely N-dealkylation sites (tertiary alicyclic amines) is 1. The Bertz CT molecular complexity index is 1430. The Balaban J connectivity index is 1.23. The first kappa shape index (κ1) is 33.2. The molecule has 14 heteroatoms. The minimum Gasteiger partial charge on any atom is -0.481 e. The number of piperidine rings is 1. The molecule has 2 bridgehead atoms. The van der Waals surface area contributed by atoms with Gasteiger partial charge in [-0.1, -0.05) is 6.07 Å². The largest absolute Gasteiger partial charge is 0.481 e. The van der Waals surface area contributed by atoms with Gasteiger partial charge in [0.15, 0.2) is 35.1 Å². The van der Waals surface area contributed by atoms with E-state index in [-0.39, 0.29) is 48.9 Å². The maximum absolute atomic E-state index is 13.4.